The first-order valence-corrected chi connectivity index (χ1v) is 10.8. The smallest absolute Gasteiger partial charge is 0.264 e. The van der Waals surface area contributed by atoms with E-state index in [0.717, 1.165) is 7.88 Å². The first-order valence-electron chi connectivity index (χ1n) is 8.25. The Kier molecular flexibility index (Phi) is 6.30. The monoisotopic (exact) mass is 510 g/mol. The predicted molar refractivity (Wildman–Crippen MR) is 115 cm³/mol. The fourth-order valence-corrected chi connectivity index (χ4v) is 4.34. The van der Waals surface area contributed by atoms with E-state index in [-0.39, 0.29) is 10.6 Å². The largest absolute Gasteiger partial charge is 0.324 e. The van der Waals surface area contributed by atoms with Gasteiger partial charge in [0.05, 0.1) is 10.6 Å². The lowest BCUT2D eigenvalue weighted by atomic mass is 10.3. The van der Waals surface area contributed by atoms with Crippen LogP contribution in [-0.4, -0.2) is 20.9 Å². The van der Waals surface area contributed by atoms with Crippen LogP contribution in [0.15, 0.2) is 83.8 Å². The van der Waals surface area contributed by atoms with Crippen molar-refractivity contribution in [3.63, 3.8) is 0 Å². The number of nitrogens with zero attached hydrogens (tertiary/aromatic N) is 1. The van der Waals surface area contributed by atoms with Gasteiger partial charge < -0.3 is 5.32 Å². The Labute approximate surface area is 176 Å². The normalized spacial score (nSPS) is 11.1. The molecule has 0 bridgehead atoms. The van der Waals surface area contributed by atoms with Crippen molar-refractivity contribution >= 4 is 49.9 Å². The minimum absolute atomic E-state index is 0.0760. The van der Waals surface area contributed by atoms with E-state index >= 15 is 0 Å². The van der Waals surface area contributed by atoms with E-state index < -0.39 is 28.3 Å². The summed E-state index contributed by atoms with van der Waals surface area (Å²) >= 11 is 2.11. The second-order valence-corrected chi connectivity index (χ2v) is 8.97. The number of sulfonamides is 1. The van der Waals surface area contributed by atoms with Gasteiger partial charge in [-0.05, 0) is 77.2 Å². The van der Waals surface area contributed by atoms with Gasteiger partial charge in [0, 0.05) is 9.26 Å². The lowest BCUT2D eigenvalue weighted by molar-refractivity contribution is -0.114. The SMILES string of the molecule is O=C(CN(c1ccc(I)cc1)S(=O)(=O)c1ccccc1)Nc1cccc(F)c1. The molecular weight excluding hydrogens is 494 g/mol. The zero-order valence-electron chi connectivity index (χ0n) is 14.5. The maximum atomic E-state index is 13.3. The van der Waals surface area contributed by atoms with Crippen molar-refractivity contribution in [2.45, 2.75) is 4.90 Å². The third kappa shape index (κ3) is 4.87. The Bertz CT molecular complexity index is 1070. The Hall–Kier alpha value is -2.46. The number of halogens is 2. The van der Waals surface area contributed by atoms with Crippen LogP contribution in [0.3, 0.4) is 0 Å². The van der Waals surface area contributed by atoms with Gasteiger partial charge in [0.15, 0.2) is 0 Å². The highest BCUT2D eigenvalue weighted by molar-refractivity contribution is 14.1. The molecule has 0 aliphatic carbocycles. The van der Waals surface area contributed by atoms with E-state index in [9.17, 15) is 17.6 Å². The maximum Gasteiger partial charge on any atom is 0.264 e. The number of hydrogen-bond donors (Lipinski definition) is 1. The Morgan fingerprint density at radius 3 is 2.29 bits per heavy atom. The zero-order chi connectivity index (χ0) is 20.1. The summed E-state index contributed by atoms with van der Waals surface area (Å²) in [5, 5.41) is 2.53. The van der Waals surface area contributed by atoms with Gasteiger partial charge in [-0.25, -0.2) is 12.8 Å². The molecule has 0 aliphatic rings. The number of anilines is 2. The molecule has 0 aliphatic heterocycles. The van der Waals surface area contributed by atoms with Crippen LogP contribution >= 0.6 is 22.6 Å². The molecule has 0 unspecified atom stereocenters. The number of carbonyl (C=O) groups excluding carboxylic acids is 1. The van der Waals surface area contributed by atoms with Gasteiger partial charge in [0.1, 0.15) is 12.4 Å². The van der Waals surface area contributed by atoms with Crippen molar-refractivity contribution < 1.29 is 17.6 Å². The summed E-state index contributed by atoms with van der Waals surface area (Å²) in [6.45, 7) is -0.450. The molecule has 3 aromatic rings. The number of nitrogens with one attached hydrogen (secondary N) is 1. The van der Waals surface area contributed by atoms with Crippen molar-refractivity contribution in [3.05, 3.63) is 88.3 Å². The topological polar surface area (TPSA) is 66.5 Å². The van der Waals surface area contributed by atoms with Crippen LogP contribution in [0, 0.1) is 9.39 Å². The van der Waals surface area contributed by atoms with Crippen LogP contribution < -0.4 is 9.62 Å². The van der Waals surface area contributed by atoms with Crippen LogP contribution in [0.4, 0.5) is 15.8 Å². The van der Waals surface area contributed by atoms with Crippen LogP contribution in [0.5, 0.6) is 0 Å². The van der Waals surface area contributed by atoms with Crippen molar-refractivity contribution in [1.29, 1.82) is 0 Å². The molecule has 0 saturated heterocycles. The summed E-state index contributed by atoms with van der Waals surface area (Å²) in [7, 11) is -3.97. The van der Waals surface area contributed by atoms with E-state index in [0.29, 0.717) is 5.69 Å². The number of carbonyl (C=O) groups is 1. The van der Waals surface area contributed by atoms with Gasteiger partial charge in [-0.15, -0.1) is 0 Å². The molecule has 28 heavy (non-hydrogen) atoms. The molecule has 3 rings (SSSR count). The van der Waals surface area contributed by atoms with E-state index in [4.69, 9.17) is 0 Å². The average Bonchev–Trinajstić information content (AvgIpc) is 2.67. The first-order chi connectivity index (χ1) is 13.4. The van der Waals surface area contributed by atoms with E-state index in [2.05, 4.69) is 27.9 Å². The summed E-state index contributed by atoms with van der Waals surface area (Å²) in [6, 6.07) is 20.1. The Morgan fingerprint density at radius 2 is 1.64 bits per heavy atom. The predicted octanol–water partition coefficient (Wildman–Crippen LogP) is 4.26. The molecule has 5 nitrogen and oxygen atoms in total. The fraction of sp³-hybridized carbons (Fsp3) is 0.0500. The number of rotatable bonds is 6. The summed E-state index contributed by atoms with van der Waals surface area (Å²) in [5.41, 5.74) is 0.614. The molecule has 0 saturated carbocycles. The maximum absolute atomic E-state index is 13.3. The van der Waals surface area contributed by atoms with Crippen molar-refractivity contribution in [2.75, 3.05) is 16.2 Å². The van der Waals surface area contributed by atoms with Crippen LogP contribution in [-0.2, 0) is 14.8 Å². The zero-order valence-corrected chi connectivity index (χ0v) is 17.5. The lowest BCUT2D eigenvalue weighted by Crippen LogP contribution is -2.38. The molecule has 1 amide bonds. The second-order valence-electron chi connectivity index (χ2n) is 5.86. The molecule has 0 spiro atoms. The Balaban J connectivity index is 1.92. The second kappa shape index (κ2) is 8.70. The van der Waals surface area contributed by atoms with Crippen LogP contribution in [0.2, 0.25) is 0 Å². The molecule has 3 aromatic carbocycles. The molecule has 0 aromatic heterocycles. The highest BCUT2D eigenvalue weighted by Crippen LogP contribution is 2.24. The van der Waals surface area contributed by atoms with E-state index in [1.165, 1.54) is 36.4 Å². The Morgan fingerprint density at radius 1 is 0.964 bits per heavy atom. The number of benzene rings is 3. The molecule has 0 heterocycles. The van der Waals surface area contributed by atoms with E-state index in [1.54, 1.807) is 42.5 Å². The van der Waals surface area contributed by atoms with Crippen molar-refractivity contribution in [2.24, 2.45) is 0 Å². The van der Waals surface area contributed by atoms with Crippen molar-refractivity contribution in [1.82, 2.24) is 0 Å². The minimum atomic E-state index is -3.97. The first kappa shape index (κ1) is 20.3. The van der Waals surface area contributed by atoms with Gasteiger partial charge in [0.2, 0.25) is 5.91 Å². The average molecular weight is 510 g/mol. The van der Waals surface area contributed by atoms with Gasteiger partial charge in [-0.2, -0.15) is 0 Å². The molecule has 0 atom stereocenters. The number of amides is 1. The molecular formula is C20H16FIN2O3S. The van der Waals surface area contributed by atoms with Crippen LogP contribution in [0.25, 0.3) is 0 Å². The third-order valence-corrected chi connectivity index (χ3v) is 6.35. The van der Waals surface area contributed by atoms with Crippen molar-refractivity contribution in [3.8, 4) is 0 Å². The lowest BCUT2D eigenvalue weighted by Gasteiger charge is -2.24. The molecule has 144 valence electrons. The highest BCUT2D eigenvalue weighted by Gasteiger charge is 2.27. The van der Waals surface area contributed by atoms with Gasteiger partial charge >= 0.3 is 0 Å². The highest BCUT2D eigenvalue weighted by atomic mass is 127. The molecule has 1 N–H and O–H groups in total. The minimum Gasteiger partial charge on any atom is -0.324 e. The third-order valence-electron chi connectivity index (χ3n) is 3.84. The summed E-state index contributed by atoms with van der Waals surface area (Å²) in [6.07, 6.45) is 0. The fourth-order valence-electron chi connectivity index (χ4n) is 2.54. The van der Waals surface area contributed by atoms with Gasteiger partial charge in [-0.1, -0.05) is 24.3 Å². The standard InChI is InChI=1S/C20H16FIN2O3S/c21-15-5-4-6-17(13-15)23-20(25)14-24(18-11-9-16(22)10-12-18)28(26,27)19-7-2-1-3-8-19/h1-13H,14H2,(H,23,25). The van der Waals surface area contributed by atoms with Gasteiger partial charge in [0.25, 0.3) is 10.0 Å². The number of hydrogen-bond acceptors (Lipinski definition) is 3. The molecule has 0 radical (unpaired) electrons. The quantitative estimate of drug-likeness (QED) is 0.504. The van der Waals surface area contributed by atoms with Gasteiger partial charge in [-0.3, -0.25) is 9.10 Å². The van der Waals surface area contributed by atoms with E-state index in [1.807, 2.05) is 0 Å². The summed E-state index contributed by atoms with van der Waals surface area (Å²) in [5.74, 6) is -1.08. The van der Waals surface area contributed by atoms with Crippen LogP contribution in [0.1, 0.15) is 0 Å². The summed E-state index contributed by atoms with van der Waals surface area (Å²) in [4.78, 5) is 12.6. The molecule has 0 fully saturated rings. The molecule has 8 heteroatoms. The summed E-state index contributed by atoms with van der Waals surface area (Å²) < 4.78 is 41.6.